The van der Waals surface area contributed by atoms with Crippen molar-refractivity contribution in [3.63, 3.8) is 0 Å². The standard InChI is InChI=1S/C15H21F3N2/c1-10-4-5-13(9-14(10)15(16,17)18)20-7-6-12(19-3)8-11(20)2/h4-5,9,11-12,19H,6-8H2,1-3H3. The second-order valence-electron chi connectivity index (χ2n) is 5.55. The molecule has 1 aromatic carbocycles. The van der Waals surface area contributed by atoms with E-state index in [1.807, 2.05) is 7.05 Å². The summed E-state index contributed by atoms with van der Waals surface area (Å²) in [4.78, 5) is 2.07. The summed E-state index contributed by atoms with van der Waals surface area (Å²) in [5.41, 5.74) is 0.418. The van der Waals surface area contributed by atoms with Gasteiger partial charge < -0.3 is 10.2 Å². The molecule has 1 N–H and O–H groups in total. The topological polar surface area (TPSA) is 15.3 Å². The number of alkyl halides is 3. The number of nitrogens with zero attached hydrogens (tertiary/aromatic N) is 1. The number of rotatable bonds is 2. The Labute approximate surface area is 118 Å². The number of hydrogen-bond donors (Lipinski definition) is 1. The Morgan fingerprint density at radius 1 is 1.30 bits per heavy atom. The minimum absolute atomic E-state index is 0.241. The highest BCUT2D eigenvalue weighted by molar-refractivity contribution is 5.52. The molecule has 2 nitrogen and oxygen atoms in total. The summed E-state index contributed by atoms with van der Waals surface area (Å²) in [5, 5.41) is 3.24. The zero-order valence-corrected chi connectivity index (χ0v) is 12.1. The molecule has 2 atom stereocenters. The predicted molar refractivity (Wildman–Crippen MR) is 75.1 cm³/mol. The molecular weight excluding hydrogens is 265 g/mol. The van der Waals surface area contributed by atoms with Crippen LogP contribution < -0.4 is 10.2 Å². The highest BCUT2D eigenvalue weighted by Gasteiger charge is 2.33. The molecule has 0 radical (unpaired) electrons. The first kappa shape index (κ1) is 15.2. The van der Waals surface area contributed by atoms with Gasteiger partial charge in [-0.25, -0.2) is 0 Å². The van der Waals surface area contributed by atoms with Crippen LogP contribution in [0.2, 0.25) is 0 Å². The molecule has 20 heavy (non-hydrogen) atoms. The van der Waals surface area contributed by atoms with Crippen LogP contribution in [0.4, 0.5) is 18.9 Å². The molecule has 5 heteroatoms. The maximum atomic E-state index is 13.0. The predicted octanol–water partition coefficient (Wildman–Crippen LogP) is 3.59. The maximum Gasteiger partial charge on any atom is 0.416 e. The average Bonchev–Trinajstić information content (AvgIpc) is 2.38. The Bertz CT molecular complexity index is 471. The van der Waals surface area contributed by atoms with Crippen LogP contribution in [0, 0.1) is 6.92 Å². The molecule has 1 heterocycles. The van der Waals surface area contributed by atoms with Crippen LogP contribution in [0.5, 0.6) is 0 Å². The Morgan fingerprint density at radius 2 is 2.00 bits per heavy atom. The highest BCUT2D eigenvalue weighted by atomic mass is 19.4. The van der Waals surface area contributed by atoms with Gasteiger partial charge in [0.05, 0.1) is 5.56 Å². The number of piperidine rings is 1. The van der Waals surface area contributed by atoms with E-state index in [-0.39, 0.29) is 11.6 Å². The summed E-state index contributed by atoms with van der Waals surface area (Å²) < 4.78 is 38.9. The fourth-order valence-electron chi connectivity index (χ4n) is 2.91. The third kappa shape index (κ3) is 3.08. The van der Waals surface area contributed by atoms with E-state index >= 15 is 0 Å². The van der Waals surface area contributed by atoms with Crippen LogP contribution in [-0.2, 0) is 6.18 Å². The highest BCUT2D eigenvalue weighted by Crippen LogP contribution is 2.35. The van der Waals surface area contributed by atoms with Gasteiger partial charge in [-0.2, -0.15) is 13.2 Å². The second-order valence-corrected chi connectivity index (χ2v) is 5.55. The quantitative estimate of drug-likeness (QED) is 0.894. The lowest BCUT2D eigenvalue weighted by Crippen LogP contribution is -2.46. The van der Waals surface area contributed by atoms with Gasteiger partial charge in [0.25, 0.3) is 0 Å². The van der Waals surface area contributed by atoms with Gasteiger partial charge in [0.1, 0.15) is 0 Å². The largest absolute Gasteiger partial charge is 0.416 e. The van der Waals surface area contributed by atoms with Crippen LogP contribution in [0.15, 0.2) is 18.2 Å². The minimum Gasteiger partial charge on any atom is -0.369 e. The summed E-state index contributed by atoms with van der Waals surface area (Å²) in [5.74, 6) is 0. The fourth-order valence-corrected chi connectivity index (χ4v) is 2.91. The molecule has 1 fully saturated rings. The summed E-state index contributed by atoms with van der Waals surface area (Å²) in [6.45, 7) is 4.35. The van der Waals surface area contributed by atoms with Gasteiger partial charge in [-0.05, 0) is 51.4 Å². The van der Waals surface area contributed by atoms with Gasteiger partial charge in [0.2, 0.25) is 0 Å². The molecule has 2 rings (SSSR count). The van der Waals surface area contributed by atoms with Crippen molar-refractivity contribution in [2.75, 3.05) is 18.5 Å². The lowest BCUT2D eigenvalue weighted by Gasteiger charge is -2.39. The van der Waals surface area contributed by atoms with E-state index in [0.717, 1.165) is 19.4 Å². The van der Waals surface area contributed by atoms with Crippen LogP contribution in [0.25, 0.3) is 0 Å². The van der Waals surface area contributed by atoms with Crippen LogP contribution in [0.3, 0.4) is 0 Å². The molecule has 1 saturated heterocycles. The molecule has 0 spiro atoms. The first-order valence-electron chi connectivity index (χ1n) is 6.94. The molecule has 1 aliphatic rings. The molecule has 0 aliphatic carbocycles. The van der Waals surface area contributed by atoms with Crippen LogP contribution in [-0.4, -0.2) is 25.7 Å². The van der Waals surface area contributed by atoms with Gasteiger partial charge in [-0.3, -0.25) is 0 Å². The molecule has 0 aromatic heterocycles. The summed E-state index contributed by atoms with van der Waals surface area (Å²) in [6, 6.07) is 5.33. The van der Waals surface area contributed by atoms with Crippen molar-refractivity contribution in [1.82, 2.24) is 5.32 Å². The second kappa shape index (κ2) is 5.64. The van der Waals surface area contributed by atoms with Crippen molar-refractivity contribution < 1.29 is 13.2 Å². The van der Waals surface area contributed by atoms with Crippen molar-refractivity contribution in [1.29, 1.82) is 0 Å². The zero-order valence-electron chi connectivity index (χ0n) is 12.1. The lowest BCUT2D eigenvalue weighted by atomic mass is 9.97. The van der Waals surface area contributed by atoms with E-state index in [1.165, 1.54) is 13.0 Å². The van der Waals surface area contributed by atoms with Gasteiger partial charge in [0.15, 0.2) is 0 Å². The lowest BCUT2D eigenvalue weighted by molar-refractivity contribution is -0.138. The number of aryl methyl sites for hydroxylation is 1. The number of benzene rings is 1. The van der Waals surface area contributed by atoms with Gasteiger partial charge in [0, 0.05) is 24.3 Å². The van der Waals surface area contributed by atoms with Crippen LogP contribution >= 0.6 is 0 Å². The Kier molecular flexibility index (Phi) is 4.28. The molecule has 2 unspecified atom stereocenters. The van der Waals surface area contributed by atoms with E-state index in [1.54, 1.807) is 12.1 Å². The SMILES string of the molecule is CNC1CCN(c2ccc(C)c(C(F)(F)F)c2)C(C)C1. The van der Waals surface area contributed by atoms with Gasteiger partial charge in [-0.1, -0.05) is 6.07 Å². The molecule has 0 bridgehead atoms. The third-order valence-corrected chi connectivity index (χ3v) is 4.14. The molecular formula is C15H21F3N2. The zero-order chi connectivity index (χ0) is 14.9. The van der Waals surface area contributed by atoms with Crippen molar-refractivity contribution >= 4 is 5.69 Å². The van der Waals surface area contributed by atoms with E-state index in [9.17, 15) is 13.2 Å². The van der Waals surface area contributed by atoms with E-state index in [0.29, 0.717) is 11.7 Å². The van der Waals surface area contributed by atoms with Crippen LogP contribution in [0.1, 0.15) is 30.9 Å². The molecule has 0 amide bonds. The summed E-state index contributed by atoms with van der Waals surface area (Å²) in [7, 11) is 1.93. The normalized spacial score (nSPS) is 24.0. The summed E-state index contributed by atoms with van der Waals surface area (Å²) in [6.07, 6.45) is -2.38. The third-order valence-electron chi connectivity index (χ3n) is 4.14. The average molecular weight is 286 g/mol. The molecule has 1 aliphatic heterocycles. The molecule has 1 aromatic rings. The van der Waals surface area contributed by atoms with Crippen molar-refractivity contribution in [3.05, 3.63) is 29.3 Å². The first-order chi connectivity index (χ1) is 9.32. The minimum atomic E-state index is -4.29. The molecule has 112 valence electrons. The Hall–Kier alpha value is -1.23. The van der Waals surface area contributed by atoms with E-state index in [2.05, 4.69) is 17.1 Å². The van der Waals surface area contributed by atoms with E-state index < -0.39 is 11.7 Å². The fraction of sp³-hybridized carbons (Fsp3) is 0.600. The summed E-state index contributed by atoms with van der Waals surface area (Å²) >= 11 is 0. The smallest absolute Gasteiger partial charge is 0.369 e. The Morgan fingerprint density at radius 3 is 2.55 bits per heavy atom. The Balaban J connectivity index is 2.26. The van der Waals surface area contributed by atoms with Gasteiger partial charge in [-0.15, -0.1) is 0 Å². The van der Waals surface area contributed by atoms with Crippen molar-refractivity contribution in [3.8, 4) is 0 Å². The number of nitrogens with one attached hydrogen (secondary N) is 1. The van der Waals surface area contributed by atoms with Gasteiger partial charge >= 0.3 is 6.18 Å². The number of hydrogen-bond acceptors (Lipinski definition) is 2. The monoisotopic (exact) mass is 286 g/mol. The molecule has 0 saturated carbocycles. The number of halogens is 3. The van der Waals surface area contributed by atoms with E-state index in [4.69, 9.17) is 0 Å². The van der Waals surface area contributed by atoms with Crippen molar-refractivity contribution in [2.45, 2.75) is 44.9 Å². The maximum absolute atomic E-state index is 13.0. The first-order valence-corrected chi connectivity index (χ1v) is 6.94. The number of anilines is 1. The van der Waals surface area contributed by atoms with Crippen molar-refractivity contribution in [2.24, 2.45) is 0 Å².